The molecule has 0 heterocycles. The molecule has 0 spiro atoms. The number of hydrogen-bond acceptors (Lipinski definition) is 0. The molecule has 0 aromatic heterocycles. The molecule has 2 rings (SSSR count). The van der Waals surface area contributed by atoms with Gasteiger partial charge in [-0.25, -0.2) is 0 Å². The molecule has 0 aliphatic carbocycles. The Morgan fingerprint density at radius 2 is 1.20 bits per heavy atom. The second-order valence-electron chi connectivity index (χ2n) is 5.95. The highest BCUT2D eigenvalue weighted by Gasteiger charge is 2.46. The number of rotatable bonds is 2. The number of halogens is 1. The van der Waals surface area contributed by atoms with Crippen molar-refractivity contribution in [2.75, 3.05) is 0 Å². The molecule has 2 heteroatoms. The smallest absolute Gasteiger partial charge is 0.108 e. The Balaban J connectivity index is 2.80. The van der Waals surface area contributed by atoms with Gasteiger partial charge in [0.1, 0.15) is 0 Å². The molecule has 0 atom stereocenters. The summed E-state index contributed by atoms with van der Waals surface area (Å²) in [4.78, 5) is 0. The van der Waals surface area contributed by atoms with Crippen LogP contribution in [0.4, 0.5) is 0 Å². The molecule has 0 saturated carbocycles. The minimum Gasteiger partial charge on any atom is -0.108 e. The van der Waals surface area contributed by atoms with Crippen LogP contribution in [0.5, 0.6) is 0 Å². The Morgan fingerprint density at radius 3 is 1.50 bits per heavy atom. The molecule has 0 radical (unpaired) electrons. The molecule has 102 valence electrons. The van der Waals surface area contributed by atoms with Crippen LogP contribution in [0.15, 0.2) is 60.7 Å². The van der Waals surface area contributed by atoms with Crippen LogP contribution >= 0.6 is 22.6 Å². The molecule has 0 fully saturated rings. The van der Waals surface area contributed by atoms with Gasteiger partial charge in [-0.3, -0.25) is 0 Å². The third-order valence-corrected chi connectivity index (χ3v) is 9.70. The SMILES string of the molecule is CC(C)(C)[Si](C#CI)(c1ccccc1)c1ccccc1. The van der Waals surface area contributed by atoms with Crippen LogP contribution in [0.3, 0.4) is 0 Å². The first kappa shape index (κ1) is 15.3. The molecule has 0 bridgehead atoms. The summed E-state index contributed by atoms with van der Waals surface area (Å²) in [6.45, 7) is 6.96. The summed E-state index contributed by atoms with van der Waals surface area (Å²) in [6, 6.07) is 21.6. The van der Waals surface area contributed by atoms with E-state index >= 15 is 0 Å². The average Bonchev–Trinajstić information content (AvgIpc) is 2.45. The first-order valence-corrected chi connectivity index (χ1v) is 9.84. The molecule has 2 aromatic rings. The fourth-order valence-corrected chi connectivity index (χ4v) is 8.28. The van der Waals surface area contributed by atoms with Crippen molar-refractivity contribution in [3.05, 3.63) is 60.7 Å². The van der Waals surface area contributed by atoms with Crippen LogP contribution in [0.1, 0.15) is 20.8 Å². The van der Waals surface area contributed by atoms with E-state index < -0.39 is 8.07 Å². The van der Waals surface area contributed by atoms with E-state index in [1.165, 1.54) is 10.4 Å². The maximum atomic E-state index is 3.64. The number of benzene rings is 2. The van der Waals surface area contributed by atoms with Crippen LogP contribution in [0, 0.1) is 9.47 Å². The van der Waals surface area contributed by atoms with Gasteiger partial charge in [0.05, 0.1) is 0 Å². The van der Waals surface area contributed by atoms with Crippen molar-refractivity contribution in [2.24, 2.45) is 0 Å². The van der Waals surface area contributed by atoms with E-state index in [2.05, 4.69) is 113 Å². The molecular formula is C18H19ISi. The monoisotopic (exact) mass is 390 g/mol. The third-order valence-electron chi connectivity index (χ3n) is 3.77. The topological polar surface area (TPSA) is 0 Å². The van der Waals surface area contributed by atoms with Gasteiger partial charge in [0, 0.05) is 22.6 Å². The van der Waals surface area contributed by atoms with Crippen molar-refractivity contribution in [3.63, 3.8) is 0 Å². The van der Waals surface area contributed by atoms with Gasteiger partial charge in [0.2, 0.25) is 8.07 Å². The maximum Gasteiger partial charge on any atom is 0.205 e. The fraction of sp³-hybridized carbons (Fsp3) is 0.222. The lowest BCUT2D eigenvalue weighted by molar-refractivity contribution is 0.740. The highest BCUT2D eigenvalue weighted by atomic mass is 127. The average molecular weight is 390 g/mol. The van der Waals surface area contributed by atoms with Crippen LogP contribution < -0.4 is 10.4 Å². The van der Waals surface area contributed by atoms with Gasteiger partial charge in [-0.1, -0.05) is 81.4 Å². The van der Waals surface area contributed by atoms with Gasteiger partial charge in [-0.2, -0.15) is 0 Å². The van der Waals surface area contributed by atoms with E-state index in [0.29, 0.717) is 0 Å². The van der Waals surface area contributed by atoms with Crippen molar-refractivity contribution in [1.82, 2.24) is 0 Å². The van der Waals surface area contributed by atoms with E-state index in [1.54, 1.807) is 0 Å². The van der Waals surface area contributed by atoms with Crippen LogP contribution in [-0.4, -0.2) is 8.07 Å². The number of hydrogen-bond donors (Lipinski definition) is 0. The third kappa shape index (κ3) is 2.70. The molecule has 0 unspecified atom stereocenters. The summed E-state index contributed by atoms with van der Waals surface area (Å²) in [7, 11) is -2.12. The minimum atomic E-state index is -2.12. The summed E-state index contributed by atoms with van der Waals surface area (Å²) in [5, 5.41) is 2.92. The molecule has 2 aromatic carbocycles. The maximum absolute atomic E-state index is 3.64. The largest absolute Gasteiger partial charge is 0.205 e. The quantitative estimate of drug-likeness (QED) is 0.413. The molecule has 0 aliphatic rings. The predicted octanol–water partition coefficient (Wildman–Crippen LogP) is 3.98. The molecular weight excluding hydrogens is 371 g/mol. The van der Waals surface area contributed by atoms with E-state index in [1.807, 2.05) is 0 Å². The fourth-order valence-electron chi connectivity index (χ4n) is 2.81. The first-order valence-electron chi connectivity index (χ1n) is 6.76. The van der Waals surface area contributed by atoms with E-state index in [0.717, 1.165) is 0 Å². The van der Waals surface area contributed by atoms with Gasteiger partial charge in [0.15, 0.2) is 0 Å². The summed E-state index contributed by atoms with van der Waals surface area (Å²) in [5.74, 6) is 0. The van der Waals surface area contributed by atoms with Crippen molar-refractivity contribution < 1.29 is 0 Å². The van der Waals surface area contributed by atoms with E-state index in [4.69, 9.17) is 0 Å². The molecule has 0 aliphatic heterocycles. The zero-order valence-corrected chi connectivity index (χ0v) is 15.3. The lowest BCUT2D eigenvalue weighted by Gasteiger charge is -2.39. The van der Waals surface area contributed by atoms with Gasteiger partial charge in [-0.05, 0) is 19.3 Å². The van der Waals surface area contributed by atoms with Crippen molar-refractivity contribution in [2.45, 2.75) is 25.8 Å². The van der Waals surface area contributed by atoms with Gasteiger partial charge in [-0.15, -0.1) is 5.54 Å². The highest BCUT2D eigenvalue weighted by Crippen LogP contribution is 2.35. The Kier molecular flexibility index (Phi) is 4.72. The predicted molar refractivity (Wildman–Crippen MR) is 99.4 cm³/mol. The Morgan fingerprint density at radius 1 is 0.800 bits per heavy atom. The van der Waals surface area contributed by atoms with Crippen molar-refractivity contribution >= 4 is 41.0 Å². The normalized spacial score (nSPS) is 11.6. The highest BCUT2D eigenvalue weighted by molar-refractivity contribution is 14.1. The lowest BCUT2D eigenvalue weighted by atomic mass is 10.2. The van der Waals surface area contributed by atoms with Gasteiger partial charge in [0.25, 0.3) is 0 Å². The molecule has 0 N–H and O–H groups in total. The first-order chi connectivity index (χ1) is 9.52. The standard InChI is InChI=1S/C18H19ISi/c1-18(2,3)20(15-14-19,16-10-6-4-7-11-16)17-12-8-5-9-13-17/h4-13H,1-3H3. The summed E-state index contributed by atoms with van der Waals surface area (Å²) < 4.78 is 3.19. The second kappa shape index (κ2) is 6.15. The van der Waals surface area contributed by atoms with Crippen LogP contribution in [-0.2, 0) is 0 Å². The van der Waals surface area contributed by atoms with E-state index in [9.17, 15) is 0 Å². The Hall–Kier alpha value is -1.05. The molecule has 0 amide bonds. The molecule has 20 heavy (non-hydrogen) atoms. The van der Waals surface area contributed by atoms with Crippen molar-refractivity contribution in [3.8, 4) is 9.47 Å². The van der Waals surface area contributed by atoms with Crippen LogP contribution in [0.25, 0.3) is 0 Å². The Bertz CT molecular complexity index is 576. The lowest BCUT2D eigenvalue weighted by Crippen LogP contribution is -2.63. The van der Waals surface area contributed by atoms with Gasteiger partial charge < -0.3 is 0 Å². The van der Waals surface area contributed by atoms with Gasteiger partial charge >= 0.3 is 0 Å². The Labute approximate surface area is 136 Å². The van der Waals surface area contributed by atoms with E-state index in [-0.39, 0.29) is 5.04 Å². The minimum absolute atomic E-state index is 0.133. The van der Waals surface area contributed by atoms with Crippen LogP contribution in [0.2, 0.25) is 5.04 Å². The molecule has 0 saturated heterocycles. The zero-order chi connectivity index (χ0) is 14.6. The van der Waals surface area contributed by atoms with Crippen molar-refractivity contribution in [1.29, 1.82) is 0 Å². The molecule has 0 nitrogen and oxygen atoms in total. The zero-order valence-electron chi connectivity index (χ0n) is 12.2. The summed E-state index contributed by atoms with van der Waals surface area (Å²) >= 11 is 2.18. The summed E-state index contributed by atoms with van der Waals surface area (Å²) in [5.41, 5.74) is 3.64. The summed E-state index contributed by atoms with van der Waals surface area (Å²) in [6.07, 6.45) is 0. The second-order valence-corrected chi connectivity index (χ2v) is 10.9.